The van der Waals surface area contributed by atoms with E-state index in [4.69, 9.17) is 18.8 Å². The smallest absolute Gasteiger partial charge is 0.155 e. The second kappa shape index (κ2) is 13.1. The summed E-state index contributed by atoms with van der Waals surface area (Å²) in [4.78, 5) is 11.0. The highest BCUT2D eigenvalue weighted by atomic mass is 16.3. The van der Waals surface area contributed by atoms with Gasteiger partial charge in [0.1, 0.15) is 22.3 Å². The maximum atomic E-state index is 6.66. The second-order valence-corrected chi connectivity index (χ2v) is 16.3. The van der Waals surface area contributed by atoms with Crippen molar-refractivity contribution in [2.45, 2.75) is 25.8 Å². The molecular formula is C56H37N3O2. The number of furan rings is 2. The van der Waals surface area contributed by atoms with E-state index in [2.05, 4.69) is 175 Å². The van der Waals surface area contributed by atoms with E-state index >= 15 is 0 Å². The van der Waals surface area contributed by atoms with Gasteiger partial charge in [-0.2, -0.15) is 0 Å². The van der Waals surface area contributed by atoms with E-state index in [1.807, 2.05) is 12.1 Å². The molecule has 0 saturated carbocycles. The Morgan fingerprint density at radius 3 is 2.02 bits per heavy atom. The van der Waals surface area contributed by atoms with Gasteiger partial charge in [-0.3, -0.25) is 4.99 Å². The second-order valence-electron chi connectivity index (χ2n) is 16.3. The van der Waals surface area contributed by atoms with E-state index < -0.39 is 0 Å². The molecule has 3 aromatic heterocycles. The molecule has 9 aromatic carbocycles. The fourth-order valence-corrected chi connectivity index (χ4v) is 10.0. The van der Waals surface area contributed by atoms with Gasteiger partial charge in [-0.25, -0.2) is 4.99 Å². The van der Waals surface area contributed by atoms with Crippen LogP contribution in [-0.4, -0.2) is 22.2 Å². The molecule has 12 aromatic rings. The number of rotatable bonds is 6. The van der Waals surface area contributed by atoms with Crippen LogP contribution in [-0.2, 0) is 0 Å². The Hall–Kier alpha value is -7.76. The van der Waals surface area contributed by atoms with Gasteiger partial charge in [-0.1, -0.05) is 123 Å². The molecule has 5 heteroatoms. The first-order chi connectivity index (χ1) is 30.2. The summed E-state index contributed by atoms with van der Waals surface area (Å²) in [5.74, 6) is 0.722. The average Bonchev–Trinajstić information content (AvgIpc) is 3.94. The number of benzene rings is 9. The molecule has 1 aliphatic rings. The molecule has 0 aliphatic carbocycles. The molecule has 1 atom stereocenters. The molecule has 0 saturated heterocycles. The maximum absolute atomic E-state index is 6.66. The molecule has 0 amide bonds. The van der Waals surface area contributed by atoms with Crippen LogP contribution in [0.1, 0.15) is 36.5 Å². The minimum Gasteiger partial charge on any atom is -0.456 e. The van der Waals surface area contributed by atoms with Crippen LogP contribution >= 0.6 is 0 Å². The lowest BCUT2D eigenvalue weighted by molar-refractivity contribution is 0.668. The molecule has 61 heavy (non-hydrogen) atoms. The van der Waals surface area contributed by atoms with Gasteiger partial charge in [0.05, 0.1) is 28.5 Å². The summed E-state index contributed by atoms with van der Waals surface area (Å²) >= 11 is 0. The van der Waals surface area contributed by atoms with Gasteiger partial charge in [0.15, 0.2) is 5.84 Å². The van der Waals surface area contributed by atoms with Crippen LogP contribution in [0.2, 0.25) is 0 Å². The molecule has 0 fully saturated rings. The quantitative estimate of drug-likeness (QED) is 0.158. The Morgan fingerprint density at radius 1 is 0.475 bits per heavy atom. The third-order valence-electron chi connectivity index (χ3n) is 12.8. The van der Waals surface area contributed by atoms with Crippen LogP contribution in [0.5, 0.6) is 0 Å². The summed E-state index contributed by atoms with van der Waals surface area (Å²) in [6, 6.07) is 60.4. The zero-order valence-electron chi connectivity index (χ0n) is 33.4. The zero-order valence-corrected chi connectivity index (χ0v) is 33.4. The van der Waals surface area contributed by atoms with Crippen LogP contribution in [0.3, 0.4) is 0 Å². The van der Waals surface area contributed by atoms with Gasteiger partial charge in [-0.05, 0) is 99.8 Å². The monoisotopic (exact) mass is 783 g/mol. The predicted molar refractivity (Wildman–Crippen MR) is 254 cm³/mol. The third kappa shape index (κ3) is 5.14. The molecule has 1 unspecified atom stereocenters. The van der Waals surface area contributed by atoms with Crippen molar-refractivity contribution in [1.82, 2.24) is 4.57 Å². The highest BCUT2D eigenvalue weighted by Gasteiger charge is 2.24. The Kier molecular flexibility index (Phi) is 7.34. The Balaban J connectivity index is 1.02. The van der Waals surface area contributed by atoms with Crippen molar-refractivity contribution in [2.75, 3.05) is 0 Å². The van der Waals surface area contributed by atoms with Crippen LogP contribution in [0.4, 0.5) is 0 Å². The topological polar surface area (TPSA) is 55.9 Å². The number of aliphatic imine (C=N–C) groups is 2. The lowest BCUT2D eigenvalue weighted by Gasteiger charge is -2.16. The van der Waals surface area contributed by atoms with Gasteiger partial charge >= 0.3 is 0 Å². The minimum absolute atomic E-state index is 0.0773. The number of amidine groups is 1. The normalized spacial score (nSPS) is 14.9. The minimum atomic E-state index is -0.0773. The molecule has 1 aliphatic heterocycles. The molecule has 0 bridgehead atoms. The van der Waals surface area contributed by atoms with Crippen LogP contribution in [0.15, 0.2) is 195 Å². The lowest BCUT2D eigenvalue weighted by Crippen LogP contribution is -2.10. The summed E-state index contributed by atoms with van der Waals surface area (Å²) in [5.41, 5.74) is 12.0. The molecule has 288 valence electrons. The third-order valence-corrected chi connectivity index (χ3v) is 12.8. The van der Waals surface area contributed by atoms with Crippen molar-refractivity contribution in [3.05, 3.63) is 193 Å². The summed E-state index contributed by atoms with van der Waals surface area (Å²) in [5, 5.41) is 11.8. The molecule has 13 rings (SSSR count). The van der Waals surface area contributed by atoms with Gasteiger partial charge in [0.2, 0.25) is 0 Å². The highest BCUT2D eigenvalue weighted by Crippen LogP contribution is 2.44. The number of nitrogens with zero attached hydrogens (tertiary/aromatic N) is 3. The van der Waals surface area contributed by atoms with E-state index in [1.54, 1.807) is 0 Å². The number of fused-ring (bicyclic) bond motifs is 9. The summed E-state index contributed by atoms with van der Waals surface area (Å²) in [6.07, 6.45) is 4.14. The molecule has 5 nitrogen and oxygen atoms in total. The Morgan fingerprint density at radius 2 is 1.15 bits per heavy atom. The molecule has 0 radical (unpaired) electrons. The number of para-hydroxylation sites is 2. The van der Waals surface area contributed by atoms with Crippen molar-refractivity contribution in [2.24, 2.45) is 9.98 Å². The highest BCUT2D eigenvalue weighted by molar-refractivity contribution is 6.33. The van der Waals surface area contributed by atoms with E-state index in [1.165, 1.54) is 37.7 Å². The van der Waals surface area contributed by atoms with E-state index in [0.717, 1.165) is 102 Å². The van der Waals surface area contributed by atoms with Crippen molar-refractivity contribution < 1.29 is 8.83 Å². The first-order valence-electron chi connectivity index (χ1n) is 21.2. The molecular weight excluding hydrogens is 747 g/mol. The summed E-state index contributed by atoms with van der Waals surface area (Å²) in [6.45, 7) is 2.23. The van der Waals surface area contributed by atoms with Crippen molar-refractivity contribution in [3.8, 4) is 5.69 Å². The SMILES string of the molecule is CCCC1N=C(c2ccc3c(c2)c2ccccc2n3-c2cc3oc4cccc5c6ccccc6c(c2)c3c45)N=C(c2ccc3c(c2)oc2ccccc23)C=C1c1ccccc1. The maximum Gasteiger partial charge on any atom is 0.155 e. The number of aromatic nitrogens is 1. The van der Waals surface area contributed by atoms with Crippen LogP contribution in [0.25, 0.3) is 98.5 Å². The standard InChI is InChI=1S/C56H37N3O2/c1-2-13-46-43(33-14-4-3-5-15-33)32-47(34-24-26-41-40-19-9-11-22-50(40)60-52(41)29-34)58-56(57-46)35-25-27-49-44(28-35)39-18-8-10-21-48(39)59(49)36-30-45-38-17-7-6-16-37(38)42-20-12-23-51-54(42)55(45)53(31-36)61-51/h3-12,14-32,46H,2,13H2,1H3. The molecule has 4 heterocycles. The Bertz CT molecular complexity index is 3840. The van der Waals surface area contributed by atoms with Gasteiger partial charge < -0.3 is 13.4 Å². The van der Waals surface area contributed by atoms with Crippen molar-refractivity contribution in [1.29, 1.82) is 0 Å². The van der Waals surface area contributed by atoms with E-state index in [0.29, 0.717) is 0 Å². The fraction of sp³-hybridized carbons (Fsp3) is 0.0714. The molecule has 0 N–H and O–H groups in total. The predicted octanol–water partition coefficient (Wildman–Crippen LogP) is 14.8. The van der Waals surface area contributed by atoms with Crippen molar-refractivity contribution >= 4 is 104 Å². The van der Waals surface area contributed by atoms with E-state index in [9.17, 15) is 0 Å². The number of hydrogen-bond donors (Lipinski definition) is 0. The lowest BCUT2D eigenvalue weighted by atomic mass is 9.93. The largest absolute Gasteiger partial charge is 0.456 e. The van der Waals surface area contributed by atoms with Gasteiger partial charge in [0, 0.05) is 49.5 Å². The first-order valence-corrected chi connectivity index (χ1v) is 21.2. The summed E-state index contributed by atoms with van der Waals surface area (Å²) < 4.78 is 15.4. The number of allylic oxidation sites excluding steroid dienone is 1. The van der Waals surface area contributed by atoms with E-state index in [-0.39, 0.29) is 6.04 Å². The van der Waals surface area contributed by atoms with Crippen LogP contribution in [0, 0.1) is 0 Å². The summed E-state index contributed by atoms with van der Waals surface area (Å²) in [7, 11) is 0. The number of hydrogen-bond acceptors (Lipinski definition) is 4. The molecule has 0 spiro atoms. The van der Waals surface area contributed by atoms with Gasteiger partial charge in [0.25, 0.3) is 0 Å². The Labute approximate surface area is 350 Å². The fourth-order valence-electron chi connectivity index (χ4n) is 10.0. The average molecular weight is 784 g/mol. The first kappa shape index (κ1) is 34.1. The van der Waals surface area contributed by atoms with Gasteiger partial charge in [-0.15, -0.1) is 0 Å². The zero-order chi connectivity index (χ0) is 40.2. The van der Waals surface area contributed by atoms with Crippen molar-refractivity contribution in [3.63, 3.8) is 0 Å². The van der Waals surface area contributed by atoms with Crippen LogP contribution < -0.4 is 0 Å².